The topological polar surface area (TPSA) is 189 Å². The molecule has 0 spiro atoms. The molecule has 166 valence electrons. The van der Waals surface area contributed by atoms with Crippen LogP contribution in [0.4, 0.5) is 5.82 Å². The molecule has 0 radical (unpaired) electrons. The number of nitrogens with zero attached hydrogens (tertiary/aromatic N) is 2. The van der Waals surface area contributed by atoms with Crippen LogP contribution in [0.2, 0.25) is 0 Å². The molecule has 6 N–H and O–H groups in total. The minimum Gasteiger partial charge on any atom is -0.453 e. The standard InChI is InChI=1S/C17H25N5O7S/c1-7(2)11(21-8(3)24)16(26)29-13-12(25)9(5-23)28-15(13)22-14(20-6-19)10(4-18)30-17(22)27/h4,6-7,9,11-13,15,18,23,25H,5H2,1-3H3,(H2,19,20)(H,21,24)/t9-,11+,12+,13-,15-/m1/s1. The number of ether oxygens (including phenoxy) is 2. The molecule has 0 saturated carbocycles. The first-order chi connectivity index (χ1) is 14.2. The molecule has 5 atom stereocenters. The van der Waals surface area contributed by atoms with Gasteiger partial charge in [-0.1, -0.05) is 25.2 Å². The van der Waals surface area contributed by atoms with Crippen LogP contribution in [0.1, 0.15) is 31.9 Å². The van der Waals surface area contributed by atoms with E-state index < -0.39 is 53.9 Å². The number of nitrogens with two attached hydrogens (primary N) is 1. The molecule has 1 fully saturated rings. The van der Waals surface area contributed by atoms with Crippen molar-refractivity contribution in [2.24, 2.45) is 16.6 Å². The second kappa shape index (κ2) is 9.93. The van der Waals surface area contributed by atoms with Gasteiger partial charge in [0.2, 0.25) is 5.91 Å². The minimum atomic E-state index is -1.46. The zero-order valence-electron chi connectivity index (χ0n) is 16.6. The van der Waals surface area contributed by atoms with Crippen LogP contribution < -0.4 is 15.9 Å². The third kappa shape index (κ3) is 4.75. The number of aliphatic imine (C=N–C) groups is 1. The SMILES string of the molecule is CC(=O)N[C@H](C(=O)O[C@@H]1[C@@H](O)[C@@H](CO)O[C@H]1n1c(/N=C/N)c(C=N)sc1=O)C(C)C. The molecule has 0 aromatic carbocycles. The maximum absolute atomic E-state index is 12.7. The van der Waals surface area contributed by atoms with Crippen molar-refractivity contribution in [2.45, 2.75) is 51.4 Å². The molecule has 12 nitrogen and oxygen atoms in total. The Balaban J connectivity index is 2.46. The summed E-state index contributed by atoms with van der Waals surface area (Å²) >= 11 is 0.692. The Morgan fingerprint density at radius 3 is 2.67 bits per heavy atom. The molecule has 2 rings (SSSR count). The van der Waals surface area contributed by atoms with Crippen molar-refractivity contribution >= 4 is 41.6 Å². The summed E-state index contributed by atoms with van der Waals surface area (Å²) in [6.07, 6.45) is -3.49. The number of hydrogen-bond acceptors (Lipinski definition) is 10. The first-order valence-corrected chi connectivity index (χ1v) is 9.89. The van der Waals surface area contributed by atoms with Crippen molar-refractivity contribution in [3.8, 4) is 0 Å². The van der Waals surface area contributed by atoms with Gasteiger partial charge in [-0.3, -0.25) is 14.2 Å². The van der Waals surface area contributed by atoms with Gasteiger partial charge in [-0.15, -0.1) is 0 Å². The van der Waals surface area contributed by atoms with Gasteiger partial charge >= 0.3 is 10.8 Å². The van der Waals surface area contributed by atoms with Gasteiger partial charge in [0.25, 0.3) is 0 Å². The highest BCUT2D eigenvalue weighted by Gasteiger charge is 2.49. The van der Waals surface area contributed by atoms with Gasteiger partial charge in [0.15, 0.2) is 18.1 Å². The van der Waals surface area contributed by atoms with Gasteiger partial charge in [0.05, 0.1) is 17.8 Å². The number of aliphatic hydroxyl groups excluding tert-OH is 2. The van der Waals surface area contributed by atoms with E-state index in [1.807, 2.05) is 0 Å². The third-order valence-corrected chi connectivity index (χ3v) is 5.34. The molecule has 0 bridgehead atoms. The van der Waals surface area contributed by atoms with E-state index in [1.165, 1.54) is 6.92 Å². The van der Waals surface area contributed by atoms with Gasteiger partial charge in [0.1, 0.15) is 18.2 Å². The molecule has 0 aliphatic carbocycles. The van der Waals surface area contributed by atoms with Gasteiger partial charge in [0, 0.05) is 13.1 Å². The van der Waals surface area contributed by atoms with Crippen LogP contribution in [-0.4, -0.2) is 70.2 Å². The van der Waals surface area contributed by atoms with Gasteiger partial charge in [-0.05, 0) is 5.92 Å². The second-order valence-corrected chi connectivity index (χ2v) is 7.90. The average Bonchev–Trinajstić information content (AvgIpc) is 3.16. The van der Waals surface area contributed by atoms with Gasteiger partial charge < -0.3 is 36.1 Å². The van der Waals surface area contributed by atoms with Gasteiger partial charge in [-0.25, -0.2) is 9.79 Å². The molecule has 13 heteroatoms. The molecule has 1 amide bonds. The molecule has 1 aromatic heterocycles. The maximum Gasteiger partial charge on any atom is 0.329 e. The lowest BCUT2D eigenvalue weighted by molar-refractivity contribution is -0.163. The van der Waals surface area contributed by atoms with E-state index in [0.717, 1.165) is 17.1 Å². The Hall–Kier alpha value is -2.61. The number of carbonyl (C=O) groups is 2. The lowest BCUT2D eigenvalue weighted by Crippen LogP contribution is -2.48. The van der Waals surface area contributed by atoms with E-state index in [1.54, 1.807) is 13.8 Å². The number of aliphatic hydroxyl groups is 2. The lowest BCUT2D eigenvalue weighted by atomic mass is 10.0. The Morgan fingerprint density at radius 1 is 1.50 bits per heavy atom. The number of amides is 1. The summed E-state index contributed by atoms with van der Waals surface area (Å²) in [7, 11) is 0. The summed E-state index contributed by atoms with van der Waals surface area (Å²) in [6, 6.07) is -0.999. The van der Waals surface area contributed by atoms with Crippen LogP contribution in [0.3, 0.4) is 0 Å². The van der Waals surface area contributed by atoms with Crippen molar-refractivity contribution in [3.05, 3.63) is 14.5 Å². The fourth-order valence-corrected chi connectivity index (χ4v) is 3.82. The lowest BCUT2D eigenvalue weighted by Gasteiger charge is -2.26. The monoisotopic (exact) mass is 443 g/mol. The number of hydrogen-bond donors (Lipinski definition) is 5. The van der Waals surface area contributed by atoms with Crippen molar-refractivity contribution in [2.75, 3.05) is 6.61 Å². The minimum absolute atomic E-state index is 0.0124. The fraction of sp³-hybridized carbons (Fsp3) is 0.588. The first kappa shape index (κ1) is 23.7. The highest BCUT2D eigenvalue weighted by atomic mass is 32.1. The highest BCUT2D eigenvalue weighted by Crippen LogP contribution is 2.35. The van der Waals surface area contributed by atoms with Crippen LogP contribution in [0.5, 0.6) is 0 Å². The van der Waals surface area contributed by atoms with Crippen molar-refractivity contribution < 1.29 is 29.3 Å². The number of esters is 1. The van der Waals surface area contributed by atoms with E-state index in [-0.39, 0.29) is 16.6 Å². The summed E-state index contributed by atoms with van der Waals surface area (Å²) in [5.41, 5.74) is 5.34. The summed E-state index contributed by atoms with van der Waals surface area (Å²) in [5.74, 6) is -1.61. The summed E-state index contributed by atoms with van der Waals surface area (Å²) in [5, 5.41) is 30.0. The summed E-state index contributed by atoms with van der Waals surface area (Å²) in [6.45, 7) is 4.05. The molecule has 1 aliphatic heterocycles. The number of nitrogens with one attached hydrogen (secondary N) is 2. The van der Waals surface area contributed by atoms with Crippen LogP contribution in [0, 0.1) is 11.3 Å². The predicted molar refractivity (Wildman–Crippen MR) is 108 cm³/mol. The molecule has 2 heterocycles. The number of rotatable bonds is 8. The zero-order chi connectivity index (χ0) is 22.6. The Labute approximate surface area is 175 Å². The quantitative estimate of drug-likeness (QED) is 0.189. The van der Waals surface area contributed by atoms with Crippen molar-refractivity contribution in [1.82, 2.24) is 9.88 Å². The Kier molecular flexibility index (Phi) is 7.83. The number of thiazole rings is 1. The molecular formula is C17H25N5O7S. The molecule has 30 heavy (non-hydrogen) atoms. The summed E-state index contributed by atoms with van der Waals surface area (Å²) < 4.78 is 12.0. The van der Waals surface area contributed by atoms with E-state index >= 15 is 0 Å². The first-order valence-electron chi connectivity index (χ1n) is 9.08. The molecule has 1 saturated heterocycles. The van der Waals surface area contributed by atoms with Gasteiger partial charge in [-0.2, -0.15) is 0 Å². The molecule has 1 aliphatic rings. The van der Waals surface area contributed by atoms with Crippen LogP contribution in [-0.2, 0) is 19.1 Å². The third-order valence-electron chi connectivity index (χ3n) is 4.45. The zero-order valence-corrected chi connectivity index (χ0v) is 17.5. The van der Waals surface area contributed by atoms with E-state index in [0.29, 0.717) is 11.3 Å². The maximum atomic E-state index is 12.7. The van der Waals surface area contributed by atoms with E-state index in [9.17, 15) is 24.6 Å². The molecule has 0 unspecified atom stereocenters. The highest BCUT2D eigenvalue weighted by molar-refractivity contribution is 7.11. The normalized spacial score (nSPS) is 24.9. The van der Waals surface area contributed by atoms with E-state index in [4.69, 9.17) is 20.6 Å². The van der Waals surface area contributed by atoms with E-state index in [2.05, 4.69) is 10.3 Å². The number of aromatic nitrogens is 1. The van der Waals surface area contributed by atoms with Crippen LogP contribution >= 0.6 is 11.3 Å². The Bertz CT molecular complexity index is 880. The predicted octanol–water partition coefficient (Wildman–Crippen LogP) is -1.15. The van der Waals surface area contributed by atoms with Crippen molar-refractivity contribution in [1.29, 1.82) is 5.41 Å². The van der Waals surface area contributed by atoms with Crippen LogP contribution in [0.15, 0.2) is 9.79 Å². The largest absolute Gasteiger partial charge is 0.453 e. The number of carbonyl (C=O) groups excluding carboxylic acids is 2. The molecular weight excluding hydrogens is 418 g/mol. The van der Waals surface area contributed by atoms with Crippen LogP contribution in [0.25, 0.3) is 0 Å². The second-order valence-electron chi connectivity index (χ2n) is 6.91. The fourth-order valence-electron chi connectivity index (χ4n) is 3.04. The van der Waals surface area contributed by atoms with Crippen molar-refractivity contribution in [3.63, 3.8) is 0 Å². The molecule has 1 aromatic rings. The average molecular weight is 443 g/mol. The summed E-state index contributed by atoms with van der Waals surface area (Å²) in [4.78, 5) is 40.2. The smallest absolute Gasteiger partial charge is 0.329 e. The Morgan fingerprint density at radius 2 is 2.17 bits per heavy atom.